The van der Waals surface area contributed by atoms with Gasteiger partial charge in [0.1, 0.15) is 5.76 Å². The Balaban J connectivity index is 1.79. The number of piperazine rings is 1. The maximum Gasteiger partial charge on any atom is 0.328 e. The zero-order chi connectivity index (χ0) is 13.7. The number of hydrogen-bond donors (Lipinski definition) is 1. The number of carbonyl (C=O) groups excluding carboxylic acids is 1. The number of amides is 1. The Hall–Kier alpha value is -2.08. The van der Waals surface area contributed by atoms with Crippen LogP contribution >= 0.6 is 0 Å². The molecule has 2 heterocycles. The van der Waals surface area contributed by atoms with E-state index in [1.165, 1.54) is 0 Å². The molecule has 6 nitrogen and oxygen atoms in total. The Bertz CT molecular complexity index is 459. The van der Waals surface area contributed by atoms with Crippen LogP contribution in [0.1, 0.15) is 5.76 Å². The number of nitrogens with zero attached hydrogens (tertiary/aromatic N) is 2. The second-order valence-electron chi connectivity index (χ2n) is 4.35. The normalized spacial score (nSPS) is 16.9. The van der Waals surface area contributed by atoms with Crippen LogP contribution in [0.15, 0.2) is 35.0 Å². The maximum absolute atomic E-state index is 11.7. The van der Waals surface area contributed by atoms with Crippen molar-refractivity contribution in [1.29, 1.82) is 0 Å². The number of aliphatic carboxylic acids is 1. The predicted octanol–water partition coefficient (Wildman–Crippen LogP) is 0.565. The summed E-state index contributed by atoms with van der Waals surface area (Å²) in [6, 6.07) is 3.78. The van der Waals surface area contributed by atoms with Gasteiger partial charge >= 0.3 is 5.97 Å². The summed E-state index contributed by atoms with van der Waals surface area (Å²) in [5.74, 6) is -0.449. The van der Waals surface area contributed by atoms with Crippen molar-refractivity contribution < 1.29 is 19.1 Å². The molecule has 1 saturated heterocycles. The molecule has 6 heteroatoms. The SMILES string of the molecule is O=C(O)/C=C/C(=O)N1CCN(Cc2ccco2)CC1. The van der Waals surface area contributed by atoms with Gasteiger partial charge in [-0.05, 0) is 12.1 Å². The Labute approximate surface area is 110 Å². The first-order valence-electron chi connectivity index (χ1n) is 6.10. The topological polar surface area (TPSA) is 74.0 Å². The van der Waals surface area contributed by atoms with Crippen molar-refractivity contribution in [1.82, 2.24) is 9.80 Å². The molecule has 0 radical (unpaired) electrons. The van der Waals surface area contributed by atoms with E-state index in [0.29, 0.717) is 13.1 Å². The summed E-state index contributed by atoms with van der Waals surface area (Å²) in [5, 5.41) is 8.47. The highest BCUT2D eigenvalue weighted by Gasteiger charge is 2.20. The Morgan fingerprint density at radius 1 is 1.26 bits per heavy atom. The Morgan fingerprint density at radius 3 is 2.58 bits per heavy atom. The molecule has 1 fully saturated rings. The number of furan rings is 1. The quantitative estimate of drug-likeness (QED) is 0.805. The zero-order valence-corrected chi connectivity index (χ0v) is 10.5. The monoisotopic (exact) mass is 264 g/mol. The summed E-state index contributed by atoms with van der Waals surface area (Å²) in [6.07, 6.45) is 3.62. The smallest absolute Gasteiger partial charge is 0.328 e. The molecule has 1 aliphatic heterocycles. The third-order valence-corrected chi connectivity index (χ3v) is 3.01. The highest BCUT2D eigenvalue weighted by molar-refractivity contribution is 5.93. The van der Waals surface area contributed by atoms with Crippen LogP contribution in [-0.4, -0.2) is 53.0 Å². The minimum Gasteiger partial charge on any atom is -0.478 e. The number of carboxylic acid groups (broad SMARTS) is 1. The van der Waals surface area contributed by atoms with E-state index >= 15 is 0 Å². The molecule has 0 aliphatic carbocycles. The third-order valence-electron chi connectivity index (χ3n) is 3.01. The van der Waals surface area contributed by atoms with E-state index < -0.39 is 5.97 Å². The molecule has 19 heavy (non-hydrogen) atoms. The maximum atomic E-state index is 11.7. The zero-order valence-electron chi connectivity index (χ0n) is 10.5. The molecule has 0 saturated carbocycles. The number of hydrogen-bond acceptors (Lipinski definition) is 4. The van der Waals surface area contributed by atoms with Crippen LogP contribution in [0.25, 0.3) is 0 Å². The van der Waals surface area contributed by atoms with E-state index in [1.807, 2.05) is 12.1 Å². The lowest BCUT2D eigenvalue weighted by atomic mass is 10.3. The van der Waals surface area contributed by atoms with Gasteiger partial charge in [-0.1, -0.05) is 0 Å². The summed E-state index contributed by atoms with van der Waals surface area (Å²) in [6.45, 7) is 3.45. The standard InChI is InChI=1S/C13H16N2O4/c16-12(3-4-13(17)18)15-7-5-14(6-8-15)10-11-2-1-9-19-11/h1-4,9H,5-8,10H2,(H,17,18)/b4-3+. The Kier molecular flexibility index (Phi) is 4.35. The number of rotatable bonds is 4. The highest BCUT2D eigenvalue weighted by atomic mass is 16.4. The number of carboxylic acids is 1. The first-order valence-corrected chi connectivity index (χ1v) is 6.10. The van der Waals surface area contributed by atoms with Crippen molar-refractivity contribution >= 4 is 11.9 Å². The molecule has 0 spiro atoms. The largest absolute Gasteiger partial charge is 0.478 e. The molecule has 1 aromatic rings. The van der Waals surface area contributed by atoms with E-state index in [9.17, 15) is 9.59 Å². The molecule has 0 bridgehead atoms. The van der Waals surface area contributed by atoms with Gasteiger partial charge in [-0.2, -0.15) is 0 Å². The van der Waals surface area contributed by atoms with Crippen molar-refractivity contribution in [3.63, 3.8) is 0 Å². The van der Waals surface area contributed by atoms with Gasteiger partial charge in [0.15, 0.2) is 0 Å². The first-order chi connectivity index (χ1) is 9.15. The lowest BCUT2D eigenvalue weighted by molar-refractivity contribution is -0.132. The second-order valence-corrected chi connectivity index (χ2v) is 4.35. The van der Waals surface area contributed by atoms with Gasteiger partial charge in [0.25, 0.3) is 0 Å². The molecular weight excluding hydrogens is 248 g/mol. The summed E-state index contributed by atoms with van der Waals surface area (Å²) in [4.78, 5) is 25.9. The van der Waals surface area contributed by atoms with Gasteiger partial charge in [-0.25, -0.2) is 4.79 Å². The van der Waals surface area contributed by atoms with Crippen molar-refractivity contribution in [3.8, 4) is 0 Å². The van der Waals surface area contributed by atoms with Gasteiger partial charge in [0.2, 0.25) is 5.91 Å². The molecule has 0 atom stereocenters. The van der Waals surface area contributed by atoms with Crippen molar-refractivity contribution in [3.05, 3.63) is 36.3 Å². The third kappa shape index (κ3) is 3.96. The lowest BCUT2D eigenvalue weighted by Crippen LogP contribution is -2.47. The molecular formula is C13H16N2O4. The van der Waals surface area contributed by atoms with Crippen LogP contribution in [0.2, 0.25) is 0 Å². The molecule has 1 amide bonds. The minimum atomic E-state index is -1.11. The van der Waals surface area contributed by atoms with Crippen molar-refractivity contribution in [2.24, 2.45) is 0 Å². The summed E-state index contributed by atoms with van der Waals surface area (Å²) >= 11 is 0. The van der Waals surface area contributed by atoms with Crippen LogP contribution in [0.4, 0.5) is 0 Å². The molecule has 1 aromatic heterocycles. The van der Waals surface area contributed by atoms with E-state index in [4.69, 9.17) is 9.52 Å². The first kappa shape index (κ1) is 13.4. The second kappa shape index (κ2) is 6.19. The summed E-state index contributed by atoms with van der Waals surface area (Å²) < 4.78 is 5.28. The Morgan fingerprint density at radius 2 is 2.00 bits per heavy atom. The van der Waals surface area contributed by atoms with Gasteiger partial charge in [-0.15, -0.1) is 0 Å². The number of carbonyl (C=O) groups is 2. The van der Waals surface area contributed by atoms with E-state index in [2.05, 4.69) is 4.90 Å². The fourth-order valence-corrected chi connectivity index (χ4v) is 2.00. The summed E-state index contributed by atoms with van der Waals surface area (Å²) in [7, 11) is 0. The van der Waals surface area contributed by atoms with Crippen molar-refractivity contribution in [2.75, 3.05) is 26.2 Å². The van der Waals surface area contributed by atoms with Crippen LogP contribution in [0.5, 0.6) is 0 Å². The molecule has 102 valence electrons. The molecule has 1 N–H and O–H groups in total. The van der Waals surface area contributed by atoms with Crippen LogP contribution in [0.3, 0.4) is 0 Å². The predicted molar refractivity (Wildman–Crippen MR) is 67.3 cm³/mol. The van der Waals surface area contributed by atoms with Gasteiger partial charge < -0.3 is 14.4 Å². The van der Waals surface area contributed by atoms with Crippen molar-refractivity contribution in [2.45, 2.75) is 6.54 Å². The highest BCUT2D eigenvalue weighted by Crippen LogP contribution is 2.09. The average molecular weight is 264 g/mol. The fraction of sp³-hybridized carbons (Fsp3) is 0.385. The van der Waals surface area contributed by atoms with Crippen LogP contribution in [0, 0.1) is 0 Å². The molecule has 0 unspecified atom stereocenters. The average Bonchev–Trinajstić information content (AvgIpc) is 2.89. The van der Waals surface area contributed by atoms with Crippen LogP contribution < -0.4 is 0 Å². The summed E-state index contributed by atoms with van der Waals surface area (Å²) in [5.41, 5.74) is 0. The van der Waals surface area contributed by atoms with E-state index in [0.717, 1.165) is 37.5 Å². The van der Waals surface area contributed by atoms with Gasteiger partial charge in [0.05, 0.1) is 12.8 Å². The lowest BCUT2D eigenvalue weighted by Gasteiger charge is -2.33. The molecule has 0 aromatic carbocycles. The molecule has 2 rings (SSSR count). The van der Waals surface area contributed by atoms with E-state index in [1.54, 1.807) is 11.2 Å². The fourth-order valence-electron chi connectivity index (χ4n) is 2.00. The van der Waals surface area contributed by atoms with Gasteiger partial charge in [0, 0.05) is 38.3 Å². The van der Waals surface area contributed by atoms with E-state index in [-0.39, 0.29) is 5.91 Å². The van der Waals surface area contributed by atoms with Crippen LogP contribution in [-0.2, 0) is 16.1 Å². The minimum absolute atomic E-state index is 0.250. The van der Waals surface area contributed by atoms with Gasteiger partial charge in [-0.3, -0.25) is 9.69 Å². The molecule has 1 aliphatic rings.